The van der Waals surface area contributed by atoms with Crippen molar-refractivity contribution in [3.05, 3.63) is 64.7 Å². The molecule has 0 aromatic heterocycles. The van der Waals surface area contributed by atoms with Gasteiger partial charge in [0.15, 0.2) is 0 Å². The van der Waals surface area contributed by atoms with Crippen molar-refractivity contribution in [2.45, 2.75) is 66.5 Å². The minimum Gasteiger partial charge on any atom is -0.355 e. The summed E-state index contributed by atoms with van der Waals surface area (Å²) in [6, 6.07) is 12.9. The van der Waals surface area contributed by atoms with Gasteiger partial charge in [-0.05, 0) is 68.9 Å². The SMILES string of the molecule is CCNC(=O)[C@H](CC)N(Cc1ccccc1C)C(=O)CCCN(c1cc(C)ccc1C)S(C)(=O)=O. The maximum absolute atomic E-state index is 13.4. The van der Waals surface area contributed by atoms with Crippen molar-refractivity contribution < 1.29 is 18.0 Å². The van der Waals surface area contributed by atoms with Crippen molar-refractivity contribution >= 4 is 27.5 Å². The van der Waals surface area contributed by atoms with E-state index in [0.717, 1.165) is 22.3 Å². The summed E-state index contributed by atoms with van der Waals surface area (Å²) in [6.07, 6.45) is 2.15. The minimum absolute atomic E-state index is 0.138. The summed E-state index contributed by atoms with van der Waals surface area (Å²) in [5.74, 6) is -0.342. The Hall–Kier alpha value is -2.87. The third-order valence-electron chi connectivity index (χ3n) is 6.12. The number of nitrogens with one attached hydrogen (secondary N) is 1. The number of carbonyl (C=O) groups excluding carboxylic acids is 2. The molecule has 7 nitrogen and oxygen atoms in total. The van der Waals surface area contributed by atoms with Gasteiger partial charge in [-0.2, -0.15) is 0 Å². The zero-order valence-electron chi connectivity index (χ0n) is 21.8. The van der Waals surface area contributed by atoms with Crippen molar-refractivity contribution in [3.63, 3.8) is 0 Å². The molecular weight excluding hydrogens is 462 g/mol. The molecule has 0 fully saturated rings. The quantitative estimate of drug-likeness (QED) is 0.474. The second-order valence-corrected chi connectivity index (χ2v) is 10.9. The largest absolute Gasteiger partial charge is 0.355 e. The van der Waals surface area contributed by atoms with Gasteiger partial charge in [-0.3, -0.25) is 13.9 Å². The van der Waals surface area contributed by atoms with Crippen LogP contribution in [0.3, 0.4) is 0 Å². The molecule has 0 radical (unpaired) electrons. The van der Waals surface area contributed by atoms with Crippen LogP contribution < -0.4 is 9.62 Å². The monoisotopic (exact) mass is 501 g/mol. The molecule has 1 N–H and O–H groups in total. The lowest BCUT2D eigenvalue weighted by molar-refractivity contribution is -0.141. The summed E-state index contributed by atoms with van der Waals surface area (Å²) in [4.78, 5) is 27.8. The average Bonchev–Trinajstić information content (AvgIpc) is 2.79. The van der Waals surface area contributed by atoms with E-state index in [1.165, 1.54) is 10.6 Å². The Labute approximate surface area is 210 Å². The molecule has 2 aromatic rings. The van der Waals surface area contributed by atoms with Crippen LogP contribution in [-0.2, 0) is 26.2 Å². The van der Waals surface area contributed by atoms with Gasteiger partial charge in [-0.25, -0.2) is 8.42 Å². The van der Waals surface area contributed by atoms with Crippen LogP contribution >= 0.6 is 0 Å². The molecule has 0 aliphatic carbocycles. The number of likely N-dealkylation sites (N-methyl/N-ethyl adjacent to an activating group) is 1. The van der Waals surface area contributed by atoms with Crippen LogP contribution in [0.2, 0.25) is 0 Å². The van der Waals surface area contributed by atoms with Gasteiger partial charge in [0.05, 0.1) is 11.9 Å². The molecule has 0 saturated carbocycles. The summed E-state index contributed by atoms with van der Waals surface area (Å²) in [6.45, 7) is 10.5. The molecule has 35 heavy (non-hydrogen) atoms. The van der Waals surface area contributed by atoms with Crippen molar-refractivity contribution in [2.75, 3.05) is 23.7 Å². The molecule has 2 aromatic carbocycles. The van der Waals surface area contributed by atoms with Crippen molar-refractivity contribution in [2.24, 2.45) is 0 Å². The normalized spacial score (nSPS) is 12.2. The zero-order valence-corrected chi connectivity index (χ0v) is 22.6. The summed E-state index contributed by atoms with van der Waals surface area (Å²) in [5, 5.41) is 2.84. The van der Waals surface area contributed by atoms with E-state index in [1.807, 2.05) is 77.1 Å². The van der Waals surface area contributed by atoms with Gasteiger partial charge in [0.2, 0.25) is 21.8 Å². The van der Waals surface area contributed by atoms with Crippen LogP contribution in [0.4, 0.5) is 5.69 Å². The minimum atomic E-state index is -3.53. The molecule has 0 aliphatic rings. The molecule has 8 heteroatoms. The van der Waals surface area contributed by atoms with Crippen molar-refractivity contribution in [1.82, 2.24) is 10.2 Å². The molecule has 0 bridgehead atoms. The number of sulfonamides is 1. The molecule has 0 spiro atoms. The molecule has 0 unspecified atom stereocenters. The fourth-order valence-electron chi connectivity index (χ4n) is 4.15. The van der Waals surface area contributed by atoms with Gasteiger partial charge in [0, 0.05) is 26.1 Å². The highest BCUT2D eigenvalue weighted by Crippen LogP contribution is 2.25. The Morgan fingerprint density at radius 2 is 1.69 bits per heavy atom. The first-order chi connectivity index (χ1) is 16.5. The number of amides is 2. The first kappa shape index (κ1) is 28.4. The number of benzene rings is 2. The lowest BCUT2D eigenvalue weighted by atomic mass is 10.1. The number of aryl methyl sites for hydroxylation is 3. The Balaban J connectivity index is 2.25. The van der Waals surface area contributed by atoms with Gasteiger partial charge in [-0.1, -0.05) is 43.3 Å². The van der Waals surface area contributed by atoms with Gasteiger partial charge in [-0.15, -0.1) is 0 Å². The van der Waals surface area contributed by atoms with Crippen LogP contribution in [-0.4, -0.2) is 50.5 Å². The predicted octanol–water partition coefficient (Wildman–Crippen LogP) is 4.10. The van der Waals surface area contributed by atoms with Gasteiger partial charge >= 0.3 is 0 Å². The Kier molecular flexibility index (Phi) is 10.3. The third-order valence-corrected chi connectivity index (χ3v) is 7.30. The van der Waals surface area contributed by atoms with E-state index in [1.54, 1.807) is 4.90 Å². The van der Waals surface area contributed by atoms with E-state index in [-0.39, 0.29) is 24.8 Å². The summed E-state index contributed by atoms with van der Waals surface area (Å²) < 4.78 is 26.5. The fraction of sp³-hybridized carbons (Fsp3) is 0.481. The Morgan fingerprint density at radius 1 is 1.00 bits per heavy atom. The number of nitrogens with zero attached hydrogens (tertiary/aromatic N) is 2. The third kappa shape index (κ3) is 7.82. The molecule has 0 aliphatic heterocycles. The molecule has 2 rings (SSSR count). The lowest BCUT2D eigenvalue weighted by Gasteiger charge is -2.31. The number of rotatable bonds is 12. The molecule has 1 atom stereocenters. The topological polar surface area (TPSA) is 86.8 Å². The van der Waals surface area contributed by atoms with E-state index in [9.17, 15) is 18.0 Å². The second kappa shape index (κ2) is 12.7. The number of carbonyl (C=O) groups is 2. The first-order valence-electron chi connectivity index (χ1n) is 12.2. The maximum atomic E-state index is 13.4. The van der Waals surface area contributed by atoms with E-state index in [2.05, 4.69) is 5.32 Å². The Bertz CT molecular complexity index is 1130. The molecule has 2 amide bonds. The summed E-state index contributed by atoms with van der Waals surface area (Å²) >= 11 is 0. The molecule has 0 heterocycles. The second-order valence-electron chi connectivity index (χ2n) is 9.00. The zero-order chi connectivity index (χ0) is 26.2. The molecule has 192 valence electrons. The maximum Gasteiger partial charge on any atom is 0.242 e. The highest BCUT2D eigenvalue weighted by atomic mass is 32.2. The number of hydrogen-bond acceptors (Lipinski definition) is 4. The van der Waals surface area contributed by atoms with Crippen molar-refractivity contribution in [1.29, 1.82) is 0 Å². The molecular formula is C27H39N3O4S. The van der Waals surface area contributed by atoms with Crippen LogP contribution in [0, 0.1) is 20.8 Å². The van der Waals surface area contributed by atoms with Gasteiger partial charge < -0.3 is 10.2 Å². The van der Waals surface area contributed by atoms with Gasteiger partial charge in [0.1, 0.15) is 6.04 Å². The van der Waals surface area contributed by atoms with Crippen LogP contribution in [0.1, 0.15) is 55.4 Å². The lowest BCUT2D eigenvalue weighted by Crippen LogP contribution is -2.49. The van der Waals surface area contributed by atoms with Crippen LogP contribution in [0.5, 0.6) is 0 Å². The summed E-state index contributed by atoms with van der Waals surface area (Å²) in [7, 11) is -3.53. The Morgan fingerprint density at radius 3 is 2.29 bits per heavy atom. The van der Waals surface area contributed by atoms with Crippen LogP contribution in [0.15, 0.2) is 42.5 Å². The highest BCUT2D eigenvalue weighted by molar-refractivity contribution is 7.92. The van der Waals surface area contributed by atoms with E-state index in [0.29, 0.717) is 31.6 Å². The smallest absolute Gasteiger partial charge is 0.242 e. The van der Waals surface area contributed by atoms with Gasteiger partial charge in [0.25, 0.3) is 0 Å². The standard InChI is InChI=1S/C27H39N3O4S/c1-7-24(27(32)28-8-2)29(19-23-13-10-9-12-21(23)4)26(31)14-11-17-30(35(6,33)34)25-18-20(3)15-16-22(25)5/h9-10,12-13,15-16,18,24H,7-8,11,14,17,19H2,1-6H3,(H,28,32)/t24-/m0/s1. The van der Waals surface area contributed by atoms with Crippen molar-refractivity contribution in [3.8, 4) is 0 Å². The highest BCUT2D eigenvalue weighted by Gasteiger charge is 2.29. The van der Waals surface area contributed by atoms with Crippen LogP contribution in [0.25, 0.3) is 0 Å². The average molecular weight is 502 g/mol. The molecule has 0 saturated heterocycles. The summed E-state index contributed by atoms with van der Waals surface area (Å²) in [5.41, 5.74) is 4.49. The first-order valence-corrected chi connectivity index (χ1v) is 14.0. The number of anilines is 1. The fourth-order valence-corrected chi connectivity index (χ4v) is 5.17. The van der Waals surface area contributed by atoms with E-state index >= 15 is 0 Å². The van der Waals surface area contributed by atoms with E-state index < -0.39 is 16.1 Å². The van der Waals surface area contributed by atoms with E-state index in [4.69, 9.17) is 0 Å². The predicted molar refractivity (Wildman–Crippen MR) is 142 cm³/mol. The number of hydrogen-bond donors (Lipinski definition) is 1.